The Morgan fingerprint density at radius 2 is 2.00 bits per heavy atom. The number of hydrogen-bond acceptors (Lipinski definition) is 5. The molecule has 0 N–H and O–H groups in total. The summed E-state index contributed by atoms with van der Waals surface area (Å²) < 4.78 is 18.3. The molecule has 152 valence electrons. The van der Waals surface area contributed by atoms with Gasteiger partial charge >= 0.3 is 5.97 Å². The molecule has 3 fully saturated rings. The van der Waals surface area contributed by atoms with Crippen LogP contribution in [-0.4, -0.2) is 42.3 Å². The average molecular weight is 394 g/mol. The molecule has 5 rings (SSSR count). The van der Waals surface area contributed by atoms with Crippen LogP contribution in [-0.2, 0) is 23.8 Å². The number of esters is 1. The van der Waals surface area contributed by atoms with Crippen LogP contribution >= 0.6 is 0 Å². The molecule has 2 saturated heterocycles. The third kappa shape index (κ3) is 2.47. The number of hydrogen-bond donors (Lipinski definition) is 0. The van der Waals surface area contributed by atoms with Gasteiger partial charge in [-0.15, -0.1) is 0 Å². The van der Waals surface area contributed by atoms with Crippen LogP contribution in [0.5, 0.6) is 0 Å². The van der Waals surface area contributed by atoms with Crippen molar-refractivity contribution in [1.29, 1.82) is 0 Å². The maximum Gasteiger partial charge on any atom is 0.302 e. The molecule has 5 heteroatoms. The topological polar surface area (TPSA) is 65.1 Å². The molecule has 5 nitrogen and oxygen atoms in total. The lowest BCUT2D eigenvalue weighted by Crippen LogP contribution is -2.63. The Balaban J connectivity index is 1.64. The van der Waals surface area contributed by atoms with Gasteiger partial charge in [0.25, 0.3) is 0 Å². The van der Waals surface area contributed by atoms with E-state index in [0.29, 0.717) is 19.4 Å². The quantitative estimate of drug-likeness (QED) is 0.580. The number of carbonyl (C=O) groups excluding carboxylic acids is 2. The van der Waals surface area contributed by atoms with Crippen LogP contribution in [0.25, 0.3) is 6.08 Å². The van der Waals surface area contributed by atoms with Crippen LogP contribution in [0.1, 0.15) is 39.2 Å². The standard InChI is InChI=1S/C24H26O5/c1-15-11-20-23(12-18(15)26,10-9-17-7-5-4-6-8-17)22(3)13-19(28-16(2)25)21(29-20)24(22)14-27-24/h4-11,19-21H,12-14H2,1-3H3/t19-,20-,21-,22-,23+,24+/m1/s1. The van der Waals surface area contributed by atoms with E-state index in [0.717, 1.165) is 11.1 Å². The van der Waals surface area contributed by atoms with Crippen molar-refractivity contribution in [3.63, 3.8) is 0 Å². The van der Waals surface area contributed by atoms with Crippen molar-refractivity contribution in [1.82, 2.24) is 0 Å². The summed E-state index contributed by atoms with van der Waals surface area (Å²) in [5, 5.41) is 0. The van der Waals surface area contributed by atoms with E-state index in [4.69, 9.17) is 14.2 Å². The van der Waals surface area contributed by atoms with E-state index in [1.165, 1.54) is 6.92 Å². The zero-order valence-corrected chi connectivity index (χ0v) is 17.0. The fourth-order valence-electron chi connectivity index (χ4n) is 5.90. The second kappa shape index (κ2) is 6.13. The maximum absolute atomic E-state index is 12.9. The fourth-order valence-corrected chi connectivity index (χ4v) is 5.90. The van der Waals surface area contributed by atoms with Crippen LogP contribution in [0.4, 0.5) is 0 Å². The van der Waals surface area contributed by atoms with Gasteiger partial charge in [-0.3, -0.25) is 9.59 Å². The summed E-state index contributed by atoms with van der Waals surface area (Å²) in [5.74, 6) is -0.181. The molecule has 1 spiro atoms. The van der Waals surface area contributed by atoms with Crippen molar-refractivity contribution >= 4 is 17.8 Å². The maximum atomic E-state index is 12.9. The van der Waals surface area contributed by atoms with Gasteiger partial charge in [-0.25, -0.2) is 0 Å². The summed E-state index contributed by atoms with van der Waals surface area (Å²) in [6.45, 7) is 6.03. The highest BCUT2D eigenvalue weighted by Gasteiger charge is 2.81. The summed E-state index contributed by atoms with van der Waals surface area (Å²) >= 11 is 0. The number of epoxide rings is 1. The number of carbonyl (C=O) groups is 2. The molecule has 0 radical (unpaired) electrons. The largest absolute Gasteiger partial charge is 0.460 e. The molecule has 2 aliphatic heterocycles. The highest BCUT2D eigenvalue weighted by Crippen LogP contribution is 2.72. The predicted octanol–water partition coefficient (Wildman–Crippen LogP) is 3.48. The number of fused-ring (bicyclic) bond motifs is 2. The third-order valence-electron chi connectivity index (χ3n) is 7.61. The Morgan fingerprint density at radius 1 is 1.28 bits per heavy atom. The molecule has 2 aliphatic carbocycles. The molecule has 0 aromatic heterocycles. The van der Waals surface area contributed by atoms with Gasteiger partial charge < -0.3 is 14.2 Å². The van der Waals surface area contributed by atoms with E-state index in [-0.39, 0.29) is 35.5 Å². The summed E-state index contributed by atoms with van der Waals surface area (Å²) in [6.07, 6.45) is 6.25. The number of ether oxygens (including phenoxy) is 3. The van der Waals surface area contributed by atoms with Gasteiger partial charge in [0.05, 0.1) is 12.7 Å². The van der Waals surface area contributed by atoms with Crippen LogP contribution in [0, 0.1) is 10.8 Å². The first-order valence-corrected chi connectivity index (χ1v) is 10.2. The lowest BCUT2D eigenvalue weighted by atomic mass is 9.51. The van der Waals surface area contributed by atoms with E-state index in [2.05, 4.69) is 19.1 Å². The minimum absolute atomic E-state index is 0.133. The minimum atomic E-state index is -0.554. The zero-order chi connectivity index (χ0) is 20.4. The van der Waals surface area contributed by atoms with E-state index < -0.39 is 11.0 Å². The molecule has 4 aliphatic rings. The molecule has 0 unspecified atom stereocenters. The Kier molecular flexibility index (Phi) is 3.97. The van der Waals surface area contributed by atoms with Crippen LogP contribution in [0.15, 0.2) is 48.1 Å². The predicted molar refractivity (Wildman–Crippen MR) is 107 cm³/mol. The SMILES string of the molecule is CC(=O)O[C@@H]1C[C@]2(C)[C@@]3(C=Cc4ccccc4)CC(=O)C(C)=C[C@H]3O[C@H]1[C@@]21CO1. The molecule has 2 heterocycles. The Morgan fingerprint density at radius 3 is 2.66 bits per heavy atom. The zero-order valence-electron chi connectivity index (χ0n) is 17.0. The highest BCUT2D eigenvalue weighted by molar-refractivity contribution is 5.97. The van der Waals surface area contributed by atoms with Gasteiger partial charge in [0.1, 0.15) is 17.8 Å². The Bertz CT molecular complexity index is 928. The van der Waals surface area contributed by atoms with E-state index in [1.807, 2.05) is 43.3 Å². The van der Waals surface area contributed by atoms with E-state index >= 15 is 0 Å². The normalized spacial score (nSPS) is 42.7. The van der Waals surface area contributed by atoms with Gasteiger partial charge in [0, 0.05) is 24.2 Å². The summed E-state index contributed by atoms with van der Waals surface area (Å²) in [4.78, 5) is 24.6. The second-order valence-electron chi connectivity index (χ2n) is 9.07. The molecular weight excluding hydrogens is 368 g/mol. The summed E-state index contributed by atoms with van der Waals surface area (Å²) in [6, 6.07) is 10.1. The fraction of sp³-hybridized carbons (Fsp3) is 0.500. The molecular formula is C24H26O5. The van der Waals surface area contributed by atoms with Crippen molar-refractivity contribution in [3.8, 4) is 0 Å². The van der Waals surface area contributed by atoms with Crippen LogP contribution < -0.4 is 0 Å². The number of benzene rings is 1. The highest BCUT2D eigenvalue weighted by atomic mass is 16.7. The molecule has 0 amide bonds. The lowest BCUT2D eigenvalue weighted by Gasteiger charge is -2.56. The first-order valence-electron chi connectivity index (χ1n) is 10.2. The van der Waals surface area contributed by atoms with Gasteiger partial charge in [0.2, 0.25) is 0 Å². The average Bonchev–Trinajstić information content (AvgIpc) is 3.45. The Labute approximate surface area is 170 Å². The third-order valence-corrected chi connectivity index (χ3v) is 7.61. The Hall–Kier alpha value is -2.24. The number of allylic oxidation sites excluding steroid dienone is 1. The van der Waals surface area contributed by atoms with E-state index in [9.17, 15) is 9.59 Å². The van der Waals surface area contributed by atoms with Crippen molar-refractivity contribution in [3.05, 3.63) is 53.6 Å². The minimum Gasteiger partial charge on any atom is -0.460 e. The summed E-state index contributed by atoms with van der Waals surface area (Å²) in [7, 11) is 0. The van der Waals surface area contributed by atoms with Crippen molar-refractivity contribution in [2.75, 3.05) is 6.61 Å². The molecule has 6 atom stereocenters. The van der Waals surface area contributed by atoms with Crippen molar-refractivity contribution in [2.45, 2.75) is 57.5 Å². The first-order chi connectivity index (χ1) is 13.8. The molecule has 1 aromatic rings. The van der Waals surface area contributed by atoms with E-state index in [1.54, 1.807) is 0 Å². The molecule has 29 heavy (non-hydrogen) atoms. The number of Topliss-reactive ketones (excluding diaryl/α,β-unsaturated/α-hetero) is 1. The van der Waals surface area contributed by atoms with Gasteiger partial charge in [-0.1, -0.05) is 49.4 Å². The summed E-state index contributed by atoms with van der Waals surface area (Å²) in [5.41, 5.74) is 0.362. The number of rotatable bonds is 3. The van der Waals surface area contributed by atoms with Crippen LogP contribution in [0.2, 0.25) is 0 Å². The molecule has 2 bridgehead atoms. The van der Waals surface area contributed by atoms with Gasteiger partial charge in [-0.2, -0.15) is 0 Å². The monoisotopic (exact) mass is 394 g/mol. The lowest BCUT2D eigenvalue weighted by molar-refractivity contribution is -0.191. The smallest absolute Gasteiger partial charge is 0.302 e. The van der Waals surface area contributed by atoms with Crippen LogP contribution in [0.3, 0.4) is 0 Å². The molecule has 1 aromatic carbocycles. The molecule has 1 saturated carbocycles. The van der Waals surface area contributed by atoms with Crippen molar-refractivity contribution in [2.24, 2.45) is 10.8 Å². The van der Waals surface area contributed by atoms with Gasteiger partial charge in [-0.05, 0) is 30.6 Å². The first kappa shape index (κ1) is 18.8. The van der Waals surface area contributed by atoms with Gasteiger partial charge in [0.15, 0.2) is 5.78 Å². The second-order valence-corrected chi connectivity index (χ2v) is 9.07. The van der Waals surface area contributed by atoms with Crippen molar-refractivity contribution < 1.29 is 23.8 Å². The number of ketones is 1.